The minimum atomic E-state index is -2.24. The fourth-order valence-corrected chi connectivity index (χ4v) is 11.3. The summed E-state index contributed by atoms with van der Waals surface area (Å²) >= 11 is 0. The van der Waals surface area contributed by atoms with Gasteiger partial charge < -0.3 is 40.2 Å². The van der Waals surface area contributed by atoms with E-state index in [0.29, 0.717) is 51.4 Å². The van der Waals surface area contributed by atoms with Gasteiger partial charge in [0.2, 0.25) is 0 Å². The summed E-state index contributed by atoms with van der Waals surface area (Å²) in [6.45, 7) is 34.2. The standard InChI is InChI=1S/C44H78N4O8/c1-36(2)19-27(20-37(3,4)45-36)53-32(49)18-31(33(50)54-28-21-38(5,6)46-39(7,8)22-28)44(17,34(51)55-29-23-40(9,10)47-41(11,12)24-29)35(52)56-30-25-42(13,14)48-43(15,16)26-30/h27-31,45-48H,18-26H2,1-17H3. The van der Waals surface area contributed by atoms with E-state index in [1.54, 1.807) is 0 Å². The SMILES string of the molecule is CC1(C)CC(OC(=O)CC(C(=O)OC2CC(C)(C)NC(C)(C)C2)C(C)(C(=O)OC2CC(C)(C)NC(C)(C)C2)C(=O)OC2CC(C)(C)NC(C)(C)C2)CC(C)(C)N1. The van der Waals surface area contributed by atoms with Crippen LogP contribution in [0.15, 0.2) is 0 Å². The second-order valence-electron chi connectivity index (χ2n) is 23.4. The van der Waals surface area contributed by atoms with Crippen molar-refractivity contribution in [1.82, 2.24) is 21.3 Å². The average molecular weight is 791 g/mol. The molecule has 0 bridgehead atoms. The number of hydrogen-bond acceptors (Lipinski definition) is 12. The molecule has 4 saturated heterocycles. The van der Waals surface area contributed by atoms with E-state index in [4.69, 9.17) is 18.9 Å². The first kappa shape index (κ1) is 46.4. The highest BCUT2D eigenvalue weighted by molar-refractivity contribution is 6.04. The number of carbonyl (C=O) groups is 4. The maximum absolute atomic E-state index is 14.9. The molecule has 4 fully saturated rings. The molecular formula is C44H78N4O8. The third kappa shape index (κ3) is 12.4. The Kier molecular flexibility index (Phi) is 12.8. The van der Waals surface area contributed by atoms with E-state index in [2.05, 4.69) is 76.7 Å². The zero-order valence-corrected chi connectivity index (χ0v) is 38.0. The van der Waals surface area contributed by atoms with Crippen LogP contribution in [0.25, 0.3) is 0 Å². The summed E-state index contributed by atoms with van der Waals surface area (Å²) in [5.41, 5.74) is -5.07. The molecule has 0 aromatic heterocycles. The number of ether oxygens (including phenoxy) is 4. The van der Waals surface area contributed by atoms with Crippen molar-refractivity contribution in [3.8, 4) is 0 Å². The fourth-order valence-electron chi connectivity index (χ4n) is 11.3. The lowest BCUT2D eigenvalue weighted by atomic mass is 9.74. The molecule has 4 aliphatic rings. The maximum atomic E-state index is 14.9. The summed E-state index contributed by atoms with van der Waals surface area (Å²) in [4.78, 5) is 58.9. The van der Waals surface area contributed by atoms with Gasteiger partial charge >= 0.3 is 23.9 Å². The number of piperidine rings is 4. The molecule has 0 aromatic carbocycles. The van der Waals surface area contributed by atoms with Crippen molar-refractivity contribution in [2.45, 2.75) is 244 Å². The van der Waals surface area contributed by atoms with Gasteiger partial charge in [0.05, 0.1) is 12.3 Å². The van der Waals surface area contributed by atoms with Gasteiger partial charge in [0.1, 0.15) is 24.4 Å². The first-order valence-electron chi connectivity index (χ1n) is 21.0. The van der Waals surface area contributed by atoms with E-state index in [1.165, 1.54) is 6.92 Å². The Hall–Kier alpha value is -2.28. The van der Waals surface area contributed by atoms with Crippen LogP contribution in [0.1, 0.15) is 175 Å². The van der Waals surface area contributed by atoms with Crippen molar-refractivity contribution < 1.29 is 38.1 Å². The molecule has 0 spiro atoms. The molecule has 12 heteroatoms. The lowest BCUT2D eigenvalue weighted by Crippen LogP contribution is -2.62. The summed E-state index contributed by atoms with van der Waals surface area (Å²) in [6, 6.07) is 0. The van der Waals surface area contributed by atoms with Crippen LogP contribution < -0.4 is 21.3 Å². The molecular weight excluding hydrogens is 713 g/mol. The predicted molar refractivity (Wildman–Crippen MR) is 218 cm³/mol. The van der Waals surface area contributed by atoms with E-state index in [-0.39, 0.29) is 44.3 Å². The van der Waals surface area contributed by atoms with Crippen LogP contribution in [0.3, 0.4) is 0 Å². The number of hydrogen-bond donors (Lipinski definition) is 4. The van der Waals surface area contributed by atoms with E-state index in [9.17, 15) is 19.2 Å². The molecule has 0 saturated carbocycles. The van der Waals surface area contributed by atoms with Gasteiger partial charge in [-0.05, 0) is 118 Å². The zero-order valence-electron chi connectivity index (χ0n) is 38.0. The van der Waals surface area contributed by atoms with Crippen LogP contribution in [0.2, 0.25) is 0 Å². The molecule has 0 radical (unpaired) electrons. The zero-order chi connectivity index (χ0) is 42.7. The number of esters is 4. The third-order valence-electron chi connectivity index (χ3n) is 11.9. The van der Waals surface area contributed by atoms with E-state index < -0.39 is 66.0 Å². The van der Waals surface area contributed by atoms with Crippen LogP contribution >= 0.6 is 0 Å². The summed E-state index contributed by atoms with van der Waals surface area (Å²) in [5.74, 6) is -4.89. The monoisotopic (exact) mass is 791 g/mol. The van der Waals surface area contributed by atoms with Crippen LogP contribution in [-0.4, -0.2) is 92.6 Å². The molecule has 0 amide bonds. The Morgan fingerprint density at radius 1 is 0.446 bits per heavy atom. The second kappa shape index (κ2) is 15.4. The van der Waals surface area contributed by atoms with Crippen molar-refractivity contribution in [3.63, 3.8) is 0 Å². The Labute approximate surface area is 338 Å². The van der Waals surface area contributed by atoms with Gasteiger partial charge in [-0.25, -0.2) is 0 Å². The topological polar surface area (TPSA) is 153 Å². The molecule has 322 valence electrons. The molecule has 4 heterocycles. The third-order valence-corrected chi connectivity index (χ3v) is 11.9. The molecule has 4 N–H and O–H groups in total. The summed E-state index contributed by atoms with van der Waals surface area (Å²) in [7, 11) is 0. The molecule has 0 aromatic rings. The van der Waals surface area contributed by atoms with Gasteiger partial charge in [-0.2, -0.15) is 0 Å². The predicted octanol–water partition coefficient (Wildman–Crippen LogP) is 6.41. The first-order valence-corrected chi connectivity index (χ1v) is 21.0. The van der Waals surface area contributed by atoms with Gasteiger partial charge in [0, 0.05) is 95.7 Å². The second-order valence-corrected chi connectivity index (χ2v) is 23.4. The quantitative estimate of drug-likeness (QED) is 0.110. The average Bonchev–Trinajstić information content (AvgIpc) is 2.88. The summed E-state index contributed by atoms with van der Waals surface area (Å²) in [5, 5.41) is 14.4. The molecule has 56 heavy (non-hydrogen) atoms. The van der Waals surface area contributed by atoms with Crippen molar-refractivity contribution in [2.24, 2.45) is 11.3 Å². The van der Waals surface area contributed by atoms with Gasteiger partial charge in [-0.3, -0.25) is 19.2 Å². The smallest absolute Gasteiger partial charge is 0.324 e. The number of carbonyl (C=O) groups excluding carboxylic acids is 4. The van der Waals surface area contributed by atoms with E-state index >= 15 is 0 Å². The van der Waals surface area contributed by atoms with Crippen molar-refractivity contribution in [3.05, 3.63) is 0 Å². The number of rotatable bonds is 10. The summed E-state index contributed by atoms with van der Waals surface area (Å²) in [6.07, 6.45) is 1.40. The van der Waals surface area contributed by atoms with Crippen LogP contribution in [0.5, 0.6) is 0 Å². The highest BCUT2D eigenvalue weighted by Gasteiger charge is 2.58. The highest BCUT2D eigenvalue weighted by atomic mass is 16.6. The maximum Gasteiger partial charge on any atom is 0.324 e. The van der Waals surface area contributed by atoms with Gasteiger partial charge in [0.25, 0.3) is 0 Å². The summed E-state index contributed by atoms with van der Waals surface area (Å²) < 4.78 is 25.1. The van der Waals surface area contributed by atoms with Crippen LogP contribution in [-0.2, 0) is 38.1 Å². The van der Waals surface area contributed by atoms with Gasteiger partial charge in [-0.15, -0.1) is 0 Å². The molecule has 12 nitrogen and oxygen atoms in total. The molecule has 1 atom stereocenters. The Bertz CT molecular complexity index is 1380. The largest absolute Gasteiger partial charge is 0.462 e. The Morgan fingerprint density at radius 2 is 0.679 bits per heavy atom. The first-order chi connectivity index (χ1) is 25.0. The van der Waals surface area contributed by atoms with Crippen molar-refractivity contribution >= 4 is 23.9 Å². The Balaban J connectivity index is 1.76. The molecule has 0 aliphatic carbocycles. The normalized spacial score (nSPS) is 27.7. The van der Waals surface area contributed by atoms with Crippen molar-refractivity contribution in [2.75, 3.05) is 0 Å². The highest BCUT2D eigenvalue weighted by Crippen LogP contribution is 2.42. The fraction of sp³-hybridized carbons (Fsp3) is 0.909. The minimum Gasteiger partial charge on any atom is -0.462 e. The van der Waals surface area contributed by atoms with Gasteiger partial charge in [0.15, 0.2) is 5.41 Å². The number of nitrogens with one attached hydrogen (secondary N) is 4. The van der Waals surface area contributed by atoms with E-state index in [1.807, 2.05) is 55.4 Å². The lowest BCUT2D eigenvalue weighted by Gasteiger charge is -2.48. The molecule has 4 aliphatic heterocycles. The van der Waals surface area contributed by atoms with Crippen LogP contribution in [0.4, 0.5) is 0 Å². The minimum absolute atomic E-state index is 0.311. The Morgan fingerprint density at radius 3 is 0.946 bits per heavy atom. The molecule has 4 rings (SSSR count). The van der Waals surface area contributed by atoms with E-state index in [0.717, 1.165) is 0 Å². The lowest BCUT2D eigenvalue weighted by molar-refractivity contribution is -0.194. The van der Waals surface area contributed by atoms with Crippen molar-refractivity contribution in [1.29, 1.82) is 0 Å². The van der Waals surface area contributed by atoms with Crippen LogP contribution in [0, 0.1) is 11.3 Å². The molecule has 1 unspecified atom stereocenters. The van der Waals surface area contributed by atoms with Gasteiger partial charge in [-0.1, -0.05) is 0 Å².